The Labute approximate surface area is 136 Å². The van der Waals surface area contributed by atoms with E-state index in [4.69, 9.17) is 4.74 Å². The molecule has 1 aliphatic heterocycles. The fourth-order valence-electron chi connectivity index (χ4n) is 2.40. The van der Waals surface area contributed by atoms with E-state index in [2.05, 4.69) is 15.6 Å². The molecule has 1 aromatic rings. The van der Waals surface area contributed by atoms with Gasteiger partial charge in [-0.3, -0.25) is 0 Å². The molecule has 128 valence electrons. The second-order valence-electron chi connectivity index (χ2n) is 5.97. The van der Waals surface area contributed by atoms with Gasteiger partial charge in [0, 0.05) is 24.8 Å². The summed E-state index contributed by atoms with van der Waals surface area (Å²) in [5.41, 5.74) is 0.791. The average Bonchev–Trinajstić information content (AvgIpc) is 2.83. The van der Waals surface area contributed by atoms with Crippen LogP contribution in [0.4, 0.5) is 4.79 Å². The van der Waals surface area contributed by atoms with Gasteiger partial charge in [0.15, 0.2) is 9.84 Å². The topological polar surface area (TPSA) is 97.4 Å². The van der Waals surface area contributed by atoms with Crippen LogP contribution in [0.15, 0.2) is 18.3 Å². The van der Waals surface area contributed by atoms with Crippen molar-refractivity contribution in [2.75, 3.05) is 18.1 Å². The second-order valence-corrected chi connectivity index (χ2v) is 8.20. The third-order valence-corrected chi connectivity index (χ3v) is 5.35. The van der Waals surface area contributed by atoms with Gasteiger partial charge in [-0.05, 0) is 32.3 Å². The minimum atomic E-state index is -2.91. The van der Waals surface area contributed by atoms with Crippen molar-refractivity contribution >= 4 is 15.9 Å². The van der Waals surface area contributed by atoms with Crippen molar-refractivity contribution < 1.29 is 17.9 Å². The number of carbonyl (C=O) groups is 1. The zero-order valence-electron chi connectivity index (χ0n) is 13.4. The van der Waals surface area contributed by atoms with Crippen molar-refractivity contribution in [3.63, 3.8) is 0 Å². The summed E-state index contributed by atoms with van der Waals surface area (Å²) in [5.74, 6) is 0.878. The summed E-state index contributed by atoms with van der Waals surface area (Å²) in [6.07, 6.45) is 2.25. The predicted octanol–water partition coefficient (Wildman–Crippen LogP) is 1.10. The molecule has 7 nitrogen and oxygen atoms in total. The molecule has 2 heterocycles. The molecule has 0 saturated carbocycles. The average molecular weight is 341 g/mol. The second kappa shape index (κ2) is 7.63. The first-order valence-corrected chi connectivity index (χ1v) is 9.50. The smallest absolute Gasteiger partial charge is 0.315 e. The molecular formula is C15H23N3O4S. The van der Waals surface area contributed by atoms with Crippen molar-refractivity contribution in [1.29, 1.82) is 0 Å². The summed E-state index contributed by atoms with van der Waals surface area (Å²) in [6, 6.07) is 3.30. The fourth-order valence-corrected chi connectivity index (χ4v) is 4.26. The zero-order valence-corrected chi connectivity index (χ0v) is 14.2. The highest BCUT2D eigenvalue weighted by Crippen LogP contribution is 2.17. The summed E-state index contributed by atoms with van der Waals surface area (Å²) < 4.78 is 28.3. The van der Waals surface area contributed by atoms with Gasteiger partial charge in [0.05, 0.1) is 17.6 Å². The Morgan fingerprint density at radius 1 is 1.43 bits per heavy atom. The fraction of sp³-hybridized carbons (Fsp3) is 0.600. The van der Waals surface area contributed by atoms with Gasteiger partial charge >= 0.3 is 6.03 Å². The Morgan fingerprint density at radius 3 is 2.87 bits per heavy atom. The van der Waals surface area contributed by atoms with Crippen molar-refractivity contribution in [1.82, 2.24) is 15.6 Å². The molecule has 23 heavy (non-hydrogen) atoms. The van der Waals surface area contributed by atoms with Gasteiger partial charge in [0.2, 0.25) is 5.88 Å². The Balaban J connectivity index is 1.78. The van der Waals surface area contributed by atoms with E-state index in [0.717, 1.165) is 5.56 Å². The quantitative estimate of drug-likeness (QED) is 0.807. The van der Waals surface area contributed by atoms with Crippen LogP contribution < -0.4 is 15.4 Å². The lowest BCUT2D eigenvalue weighted by atomic mass is 10.1. The lowest BCUT2D eigenvalue weighted by Crippen LogP contribution is -2.38. The Kier molecular flexibility index (Phi) is 5.81. The van der Waals surface area contributed by atoms with Gasteiger partial charge in [-0.1, -0.05) is 6.07 Å². The largest absolute Gasteiger partial charge is 0.475 e. The maximum Gasteiger partial charge on any atom is 0.315 e. The number of sulfone groups is 1. The van der Waals surface area contributed by atoms with E-state index in [1.54, 1.807) is 12.3 Å². The van der Waals surface area contributed by atoms with Crippen molar-refractivity contribution in [3.05, 3.63) is 23.9 Å². The Bertz CT molecular complexity index is 646. The highest BCUT2D eigenvalue weighted by Gasteiger charge is 2.27. The summed E-state index contributed by atoms with van der Waals surface area (Å²) in [6.45, 7) is 4.49. The van der Waals surface area contributed by atoms with Crippen LogP contribution in [0.5, 0.6) is 5.88 Å². The number of aromatic nitrogens is 1. The third-order valence-electron chi connectivity index (χ3n) is 3.51. The molecular weight excluding hydrogens is 318 g/mol. The van der Waals surface area contributed by atoms with E-state index in [1.807, 2.05) is 19.9 Å². The molecule has 0 bridgehead atoms. The number of nitrogens with one attached hydrogen (secondary N) is 2. The van der Waals surface area contributed by atoms with Crippen molar-refractivity contribution in [3.8, 4) is 5.88 Å². The normalized spacial score (nSPS) is 19.5. The number of nitrogens with zero attached hydrogens (tertiary/aromatic N) is 1. The number of urea groups is 1. The van der Waals surface area contributed by atoms with Crippen LogP contribution in [0.2, 0.25) is 0 Å². The van der Waals surface area contributed by atoms with Crippen LogP contribution in [-0.4, -0.2) is 43.6 Å². The highest BCUT2D eigenvalue weighted by molar-refractivity contribution is 7.91. The molecule has 2 amide bonds. The van der Waals surface area contributed by atoms with E-state index in [-0.39, 0.29) is 29.6 Å². The maximum absolute atomic E-state index is 11.8. The molecule has 2 rings (SSSR count). The molecule has 8 heteroatoms. The molecule has 0 aromatic carbocycles. The standard InChI is InChI=1S/C15H23N3O4S/c1-11(2)22-14-13(4-3-6-16-14)9-18-15(19)17-8-12-5-7-23(20,21)10-12/h3-4,6,11-12H,5,7-10H2,1-2H3,(H2,17,18,19)/t12-/m1/s1. The van der Waals surface area contributed by atoms with Gasteiger partial charge < -0.3 is 15.4 Å². The molecule has 0 spiro atoms. The first-order chi connectivity index (χ1) is 10.9. The van der Waals surface area contributed by atoms with Gasteiger partial charge in [0.25, 0.3) is 0 Å². The lowest BCUT2D eigenvalue weighted by molar-refractivity contribution is 0.228. The first-order valence-electron chi connectivity index (χ1n) is 7.68. The number of ether oxygens (including phenoxy) is 1. The summed E-state index contributed by atoms with van der Waals surface area (Å²) in [5, 5.41) is 5.45. The molecule has 0 unspecified atom stereocenters. The first kappa shape index (κ1) is 17.5. The molecule has 0 radical (unpaired) electrons. The lowest BCUT2D eigenvalue weighted by Gasteiger charge is -2.14. The molecule has 2 N–H and O–H groups in total. The Morgan fingerprint density at radius 2 is 2.22 bits per heavy atom. The van der Waals surface area contributed by atoms with E-state index in [9.17, 15) is 13.2 Å². The summed E-state index contributed by atoms with van der Waals surface area (Å²) in [7, 11) is -2.91. The van der Waals surface area contributed by atoms with E-state index in [0.29, 0.717) is 25.4 Å². The van der Waals surface area contributed by atoms with Crippen molar-refractivity contribution in [2.45, 2.75) is 32.9 Å². The minimum absolute atomic E-state index is 0.00166. The van der Waals surface area contributed by atoms with Crippen LogP contribution in [-0.2, 0) is 16.4 Å². The molecule has 0 aliphatic carbocycles. The van der Waals surface area contributed by atoms with Crippen LogP contribution in [0, 0.1) is 5.92 Å². The maximum atomic E-state index is 11.8. The molecule has 1 atom stereocenters. The molecule has 1 fully saturated rings. The van der Waals surface area contributed by atoms with Crippen LogP contribution in [0.1, 0.15) is 25.8 Å². The number of hydrogen-bond donors (Lipinski definition) is 2. The highest BCUT2D eigenvalue weighted by atomic mass is 32.2. The van der Waals surface area contributed by atoms with Gasteiger partial charge in [-0.2, -0.15) is 0 Å². The Hall–Kier alpha value is -1.83. The number of hydrogen-bond acceptors (Lipinski definition) is 5. The zero-order chi connectivity index (χ0) is 16.9. The molecule has 1 saturated heterocycles. The number of pyridine rings is 1. The van der Waals surface area contributed by atoms with E-state index < -0.39 is 9.84 Å². The summed E-state index contributed by atoms with van der Waals surface area (Å²) >= 11 is 0. The van der Waals surface area contributed by atoms with Gasteiger partial charge in [-0.25, -0.2) is 18.2 Å². The number of rotatable bonds is 6. The molecule has 1 aromatic heterocycles. The monoisotopic (exact) mass is 341 g/mol. The van der Waals surface area contributed by atoms with Crippen LogP contribution in [0.3, 0.4) is 0 Å². The number of amides is 2. The number of carbonyl (C=O) groups excluding carboxylic acids is 1. The summed E-state index contributed by atoms with van der Waals surface area (Å²) in [4.78, 5) is 16.0. The van der Waals surface area contributed by atoms with E-state index in [1.165, 1.54) is 0 Å². The SMILES string of the molecule is CC(C)Oc1ncccc1CNC(=O)NC[C@H]1CCS(=O)(=O)C1. The third kappa shape index (κ3) is 5.70. The van der Waals surface area contributed by atoms with Crippen LogP contribution in [0.25, 0.3) is 0 Å². The van der Waals surface area contributed by atoms with E-state index >= 15 is 0 Å². The van der Waals surface area contributed by atoms with Crippen molar-refractivity contribution in [2.24, 2.45) is 5.92 Å². The van der Waals surface area contributed by atoms with Gasteiger partial charge in [0.1, 0.15) is 0 Å². The van der Waals surface area contributed by atoms with Gasteiger partial charge in [-0.15, -0.1) is 0 Å². The molecule has 1 aliphatic rings. The predicted molar refractivity (Wildman–Crippen MR) is 87.0 cm³/mol. The minimum Gasteiger partial charge on any atom is -0.475 e. The van der Waals surface area contributed by atoms with Crippen LogP contribution >= 0.6 is 0 Å².